The molecule has 0 saturated heterocycles. The predicted molar refractivity (Wildman–Crippen MR) is 254 cm³/mol. The number of rotatable bonds is 7. The SMILES string of the molecule is Nc1ccc2ccc3ccc(-c4ccc(N(c5ccc6c(c5)oc5ccccc56)c5ccc6oc7ccccc7c6c5)c5ccccc45)cc3c2c1SCc1ccccc1. The molecule has 0 aliphatic rings. The maximum atomic E-state index is 6.77. The lowest BCUT2D eigenvalue weighted by Crippen LogP contribution is -2.10. The van der Waals surface area contributed by atoms with Crippen LogP contribution in [0.5, 0.6) is 0 Å². The number of hydrogen-bond acceptors (Lipinski definition) is 5. The van der Waals surface area contributed by atoms with Gasteiger partial charge in [-0.05, 0) is 98.9 Å². The number of thioether (sulfide) groups is 1. The number of nitrogens with two attached hydrogens (primary N) is 1. The third-order valence-corrected chi connectivity index (χ3v) is 13.1. The average molecular weight is 789 g/mol. The maximum Gasteiger partial charge on any atom is 0.137 e. The van der Waals surface area contributed by atoms with Crippen LogP contribution in [-0.2, 0) is 5.75 Å². The molecule has 2 aromatic heterocycles. The monoisotopic (exact) mass is 788 g/mol. The zero-order chi connectivity index (χ0) is 39.7. The van der Waals surface area contributed by atoms with Crippen LogP contribution >= 0.6 is 11.8 Å². The fraction of sp³-hybridized carbons (Fsp3) is 0.0182. The summed E-state index contributed by atoms with van der Waals surface area (Å²) in [4.78, 5) is 3.48. The summed E-state index contributed by atoms with van der Waals surface area (Å²) < 4.78 is 12.8. The first-order chi connectivity index (χ1) is 29.6. The summed E-state index contributed by atoms with van der Waals surface area (Å²) in [6.07, 6.45) is 0. The number of para-hydroxylation sites is 2. The Morgan fingerprint density at radius 3 is 1.88 bits per heavy atom. The van der Waals surface area contributed by atoms with Gasteiger partial charge in [0.25, 0.3) is 0 Å². The minimum absolute atomic E-state index is 0.804. The molecule has 0 aliphatic carbocycles. The molecule has 10 aromatic carbocycles. The summed E-state index contributed by atoms with van der Waals surface area (Å²) in [5, 5.41) is 11.4. The van der Waals surface area contributed by atoms with Gasteiger partial charge in [-0.3, -0.25) is 0 Å². The number of anilines is 4. The van der Waals surface area contributed by atoms with Gasteiger partial charge >= 0.3 is 0 Å². The van der Waals surface area contributed by atoms with Crippen molar-refractivity contribution in [1.29, 1.82) is 0 Å². The molecule has 2 N–H and O–H groups in total. The molecule has 0 saturated carbocycles. The number of hydrogen-bond donors (Lipinski definition) is 1. The van der Waals surface area contributed by atoms with Gasteiger partial charge < -0.3 is 19.5 Å². The van der Waals surface area contributed by atoms with Crippen LogP contribution in [-0.4, -0.2) is 0 Å². The Hall–Kier alpha value is -7.47. The van der Waals surface area contributed by atoms with Gasteiger partial charge in [-0.15, -0.1) is 11.8 Å². The fourth-order valence-corrected chi connectivity index (χ4v) is 10.2. The number of fused-ring (bicyclic) bond motifs is 10. The summed E-state index contributed by atoms with van der Waals surface area (Å²) in [6.45, 7) is 0. The third-order valence-electron chi connectivity index (χ3n) is 11.9. The van der Waals surface area contributed by atoms with E-state index < -0.39 is 0 Å². The quantitative estimate of drug-likeness (QED) is 0.0990. The zero-order valence-corrected chi connectivity index (χ0v) is 33.2. The van der Waals surface area contributed by atoms with Crippen molar-refractivity contribution in [2.75, 3.05) is 10.6 Å². The first-order valence-corrected chi connectivity index (χ1v) is 21.2. The highest BCUT2D eigenvalue weighted by atomic mass is 32.2. The highest BCUT2D eigenvalue weighted by Crippen LogP contribution is 2.46. The number of nitrogen functional groups attached to an aromatic ring is 1. The summed E-state index contributed by atoms with van der Waals surface area (Å²) >= 11 is 1.81. The molecule has 284 valence electrons. The molecule has 0 bridgehead atoms. The highest BCUT2D eigenvalue weighted by molar-refractivity contribution is 7.99. The van der Waals surface area contributed by atoms with E-state index in [0.717, 1.165) is 93.6 Å². The van der Waals surface area contributed by atoms with E-state index in [0.29, 0.717) is 0 Å². The molecule has 4 nitrogen and oxygen atoms in total. The fourth-order valence-electron chi connectivity index (χ4n) is 9.05. The molecule has 0 atom stereocenters. The molecular formula is C55H36N2O2S. The Balaban J connectivity index is 1.05. The third kappa shape index (κ3) is 5.62. The zero-order valence-electron chi connectivity index (χ0n) is 32.4. The Morgan fingerprint density at radius 2 is 1.05 bits per heavy atom. The highest BCUT2D eigenvalue weighted by Gasteiger charge is 2.21. The predicted octanol–water partition coefficient (Wildman–Crippen LogP) is 16.0. The number of furan rings is 2. The maximum absolute atomic E-state index is 6.77. The molecule has 2 heterocycles. The average Bonchev–Trinajstić information content (AvgIpc) is 3.87. The molecule has 12 rings (SSSR count). The van der Waals surface area contributed by atoms with E-state index >= 15 is 0 Å². The lowest BCUT2D eigenvalue weighted by atomic mass is 9.93. The van der Waals surface area contributed by atoms with Crippen molar-refractivity contribution in [3.63, 3.8) is 0 Å². The first-order valence-electron chi connectivity index (χ1n) is 20.2. The molecule has 12 aromatic rings. The summed E-state index contributed by atoms with van der Waals surface area (Å²) in [6, 6.07) is 68.9. The van der Waals surface area contributed by atoms with Crippen molar-refractivity contribution in [3.8, 4) is 11.1 Å². The van der Waals surface area contributed by atoms with Crippen molar-refractivity contribution in [2.45, 2.75) is 10.6 Å². The van der Waals surface area contributed by atoms with Crippen LogP contribution in [0.25, 0.3) is 87.3 Å². The van der Waals surface area contributed by atoms with Crippen LogP contribution in [0.1, 0.15) is 5.56 Å². The minimum Gasteiger partial charge on any atom is -0.456 e. The van der Waals surface area contributed by atoms with E-state index in [1.54, 1.807) is 0 Å². The second-order valence-corrected chi connectivity index (χ2v) is 16.4. The lowest BCUT2D eigenvalue weighted by molar-refractivity contribution is 0.668. The topological polar surface area (TPSA) is 55.5 Å². The van der Waals surface area contributed by atoms with Crippen molar-refractivity contribution in [1.82, 2.24) is 0 Å². The molecule has 5 heteroatoms. The van der Waals surface area contributed by atoms with E-state index in [2.05, 4.69) is 169 Å². The van der Waals surface area contributed by atoms with Gasteiger partial charge in [0.1, 0.15) is 22.3 Å². The van der Waals surface area contributed by atoms with Crippen molar-refractivity contribution in [2.24, 2.45) is 0 Å². The van der Waals surface area contributed by atoms with E-state index in [4.69, 9.17) is 14.6 Å². The Kier molecular flexibility index (Phi) is 7.97. The van der Waals surface area contributed by atoms with Crippen molar-refractivity contribution in [3.05, 3.63) is 200 Å². The van der Waals surface area contributed by atoms with Crippen LogP contribution in [0.3, 0.4) is 0 Å². The van der Waals surface area contributed by atoms with Gasteiger partial charge in [-0.2, -0.15) is 0 Å². The van der Waals surface area contributed by atoms with Crippen molar-refractivity contribution < 1.29 is 8.83 Å². The van der Waals surface area contributed by atoms with Gasteiger partial charge in [0.05, 0.1) is 5.69 Å². The lowest BCUT2D eigenvalue weighted by Gasteiger charge is -2.27. The molecule has 0 unspecified atom stereocenters. The molecule has 0 aliphatic heterocycles. The molecule has 60 heavy (non-hydrogen) atoms. The van der Waals surface area contributed by atoms with Crippen LogP contribution in [0.2, 0.25) is 0 Å². The minimum atomic E-state index is 0.804. The van der Waals surface area contributed by atoms with E-state index in [1.807, 2.05) is 42.1 Å². The van der Waals surface area contributed by atoms with Crippen LogP contribution in [0.15, 0.2) is 208 Å². The van der Waals surface area contributed by atoms with Crippen LogP contribution in [0.4, 0.5) is 22.7 Å². The first kappa shape index (κ1) is 34.6. The molecule has 0 fully saturated rings. The van der Waals surface area contributed by atoms with E-state index in [1.165, 1.54) is 32.7 Å². The van der Waals surface area contributed by atoms with Gasteiger partial charge in [0.2, 0.25) is 0 Å². The smallest absolute Gasteiger partial charge is 0.137 e. The molecule has 0 spiro atoms. The summed E-state index contributed by atoms with van der Waals surface area (Å²) in [5.41, 5.74) is 17.7. The van der Waals surface area contributed by atoms with Gasteiger partial charge in [0, 0.05) is 66.1 Å². The Labute approximate surface area is 350 Å². The number of nitrogens with zero attached hydrogens (tertiary/aromatic N) is 1. The second kappa shape index (κ2) is 13.8. The van der Waals surface area contributed by atoms with Crippen LogP contribution in [0, 0.1) is 0 Å². The van der Waals surface area contributed by atoms with E-state index in [-0.39, 0.29) is 0 Å². The van der Waals surface area contributed by atoms with Gasteiger partial charge in [0.15, 0.2) is 0 Å². The standard InChI is InChI=1S/C55H36N2O2S/c56-48-27-22-36-20-18-35-19-21-37(30-46(35)54(36)55(48)60-33-34-10-2-1-3-11-34)40-26-28-49(42-13-5-4-12-41(40)42)57(38-24-29-52-47(31-38)44-15-7-9-17-51(44)58-52)39-23-25-45-43-14-6-8-16-50(43)59-53(45)32-39/h1-32H,33,56H2. The Bertz CT molecular complexity index is 3640. The van der Waals surface area contributed by atoms with Gasteiger partial charge in [-0.25, -0.2) is 0 Å². The largest absolute Gasteiger partial charge is 0.456 e. The Morgan fingerprint density at radius 1 is 0.433 bits per heavy atom. The normalized spacial score (nSPS) is 11.9. The van der Waals surface area contributed by atoms with Gasteiger partial charge in [-0.1, -0.05) is 127 Å². The van der Waals surface area contributed by atoms with E-state index in [9.17, 15) is 0 Å². The number of benzene rings is 10. The van der Waals surface area contributed by atoms with Crippen molar-refractivity contribution >= 4 is 111 Å². The molecular weight excluding hydrogens is 753 g/mol. The molecule has 0 radical (unpaired) electrons. The second-order valence-electron chi connectivity index (χ2n) is 15.4. The summed E-state index contributed by atoms with van der Waals surface area (Å²) in [5.74, 6) is 0.843. The van der Waals surface area contributed by atoms with Crippen LogP contribution < -0.4 is 10.6 Å². The summed E-state index contributed by atoms with van der Waals surface area (Å²) in [7, 11) is 0. The molecule has 0 amide bonds.